The maximum atomic E-state index is 8.94. The van der Waals surface area contributed by atoms with Gasteiger partial charge in [-0.15, -0.1) is 0 Å². The molecule has 0 radical (unpaired) electrons. The first kappa shape index (κ1) is 12.8. The van der Waals surface area contributed by atoms with Gasteiger partial charge in [0.15, 0.2) is 0 Å². The molecule has 3 nitrogen and oxygen atoms in total. The van der Waals surface area contributed by atoms with E-state index in [0.29, 0.717) is 12.2 Å². The van der Waals surface area contributed by atoms with Gasteiger partial charge in [-0.2, -0.15) is 5.26 Å². The Bertz CT molecular complexity index is 627. The molecule has 0 saturated carbocycles. The lowest BCUT2D eigenvalue weighted by atomic mass is 10.1. The molecule has 0 spiro atoms. The van der Waals surface area contributed by atoms with Crippen LogP contribution in [0, 0.1) is 18.3 Å². The number of aryl methyl sites for hydroxylation is 1. The summed E-state index contributed by atoms with van der Waals surface area (Å²) in [6.45, 7) is 2.33. The van der Waals surface area contributed by atoms with E-state index >= 15 is 0 Å². The van der Waals surface area contributed by atoms with Crippen molar-refractivity contribution in [3.63, 3.8) is 0 Å². The van der Waals surface area contributed by atoms with Crippen LogP contribution in [0.4, 0.5) is 0 Å². The minimum absolute atomic E-state index is 0.298. The first-order chi connectivity index (χ1) is 9.29. The number of rotatable bonds is 4. The van der Waals surface area contributed by atoms with Gasteiger partial charge in [-0.25, -0.2) is 0 Å². The van der Waals surface area contributed by atoms with Crippen LogP contribution in [0.3, 0.4) is 0 Å². The molecule has 3 heteroatoms. The molecule has 0 atom stereocenters. The minimum Gasteiger partial charge on any atom is -0.391 e. The Kier molecular flexibility index (Phi) is 4.30. The molecule has 2 aromatic rings. The Morgan fingerprint density at radius 1 is 1.21 bits per heavy atom. The molecule has 94 valence electrons. The van der Waals surface area contributed by atoms with Gasteiger partial charge in [-0.3, -0.25) is 0 Å². The summed E-state index contributed by atoms with van der Waals surface area (Å²) in [4.78, 5) is 5.22. The molecule has 0 amide bonds. The van der Waals surface area contributed by atoms with Gasteiger partial charge in [-0.1, -0.05) is 53.2 Å². The topological polar surface area (TPSA) is 45.4 Å². The molecule has 0 bridgehead atoms. The van der Waals surface area contributed by atoms with Gasteiger partial charge in [0.25, 0.3) is 0 Å². The average molecular weight is 250 g/mol. The summed E-state index contributed by atoms with van der Waals surface area (Å²) in [7, 11) is 0. The zero-order valence-electron chi connectivity index (χ0n) is 10.7. The van der Waals surface area contributed by atoms with Crippen molar-refractivity contribution in [3.05, 3.63) is 70.8 Å². The number of benzene rings is 2. The number of nitrogens with zero attached hydrogens (tertiary/aromatic N) is 2. The van der Waals surface area contributed by atoms with E-state index in [9.17, 15) is 0 Å². The third kappa shape index (κ3) is 3.68. The number of oxime groups is 1. The van der Waals surface area contributed by atoms with Crippen LogP contribution in [0.2, 0.25) is 0 Å². The van der Waals surface area contributed by atoms with Crippen LogP contribution in [0.1, 0.15) is 22.3 Å². The second-order valence-corrected chi connectivity index (χ2v) is 4.19. The van der Waals surface area contributed by atoms with Crippen LogP contribution in [0.15, 0.2) is 53.7 Å². The number of hydrogen-bond acceptors (Lipinski definition) is 3. The SMILES string of the molecule is Cc1cccc(/C=N\OCc2ccccc2C#N)c1. The van der Waals surface area contributed by atoms with E-state index in [2.05, 4.69) is 11.2 Å². The Hall–Kier alpha value is -2.60. The van der Waals surface area contributed by atoms with Gasteiger partial charge >= 0.3 is 0 Å². The first-order valence-electron chi connectivity index (χ1n) is 5.99. The van der Waals surface area contributed by atoms with Crippen LogP contribution < -0.4 is 0 Å². The quantitative estimate of drug-likeness (QED) is 0.616. The van der Waals surface area contributed by atoms with Crippen molar-refractivity contribution in [1.29, 1.82) is 5.26 Å². The Morgan fingerprint density at radius 2 is 2.05 bits per heavy atom. The molecule has 2 rings (SSSR count). The van der Waals surface area contributed by atoms with E-state index in [1.165, 1.54) is 5.56 Å². The van der Waals surface area contributed by atoms with Gasteiger partial charge in [0.05, 0.1) is 17.8 Å². The van der Waals surface area contributed by atoms with Gasteiger partial charge in [0, 0.05) is 5.56 Å². The minimum atomic E-state index is 0.298. The van der Waals surface area contributed by atoms with Crippen molar-refractivity contribution in [2.45, 2.75) is 13.5 Å². The number of nitriles is 1. The molecule has 0 aliphatic carbocycles. The lowest BCUT2D eigenvalue weighted by Gasteiger charge is -2.01. The van der Waals surface area contributed by atoms with Crippen LogP contribution in [-0.2, 0) is 11.4 Å². The van der Waals surface area contributed by atoms with Crippen LogP contribution >= 0.6 is 0 Å². The molecule has 0 N–H and O–H groups in total. The van der Waals surface area contributed by atoms with E-state index in [1.54, 1.807) is 12.3 Å². The molecule has 0 unspecified atom stereocenters. The smallest absolute Gasteiger partial charge is 0.143 e. The van der Waals surface area contributed by atoms with Crippen LogP contribution in [0.5, 0.6) is 0 Å². The molecule has 0 heterocycles. The summed E-state index contributed by atoms with van der Waals surface area (Å²) in [5.41, 5.74) is 3.63. The highest BCUT2D eigenvalue weighted by Crippen LogP contribution is 2.08. The van der Waals surface area contributed by atoms with E-state index in [1.807, 2.05) is 49.4 Å². The zero-order chi connectivity index (χ0) is 13.5. The predicted molar refractivity (Wildman–Crippen MR) is 74.7 cm³/mol. The lowest BCUT2D eigenvalue weighted by molar-refractivity contribution is 0.132. The summed E-state index contributed by atoms with van der Waals surface area (Å²) in [5, 5.41) is 12.9. The molecular weight excluding hydrogens is 236 g/mol. The molecule has 2 aromatic carbocycles. The van der Waals surface area contributed by atoms with Crippen LogP contribution in [0.25, 0.3) is 0 Å². The summed E-state index contributed by atoms with van der Waals surface area (Å²) >= 11 is 0. The molecule has 0 aliphatic heterocycles. The van der Waals surface area contributed by atoms with Crippen molar-refractivity contribution in [2.24, 2.45) is 5.16 Å². The molecule has 0 aliphatic rings. The summed E-state index contributed by atoms with van der Waals surface area (Å²) in [6.07, 6.45) is 1.67. The molecule has 0 fully saturated rings. The maximum Gasteiger partial charge on any atom is 0.143 e. The lowest BCUT2D eigenvalue weighted by Crippen LogP contribution is -1.92. The van der Waals surface area contributed by atoms with Crippen molar-refractivity contribution in [3.8, 4) is 6.07 Å². The first-order valence-corrected chi connectivity index (χ1v) is 5.99. The fourth-order valence-electron chi connectivity index (χ4n) is 1.71. The number of hydrogen-bond donors (Lipinski definition) is 0. The van der Waals surface area contributed by atoms with Crippen molar-refractivity contribution in [2.75, 3.05) is 0 Å². The van der Waals surface area contributed by atoms with E-state index in [0.717, 1.165) is 11.1 Å². The van der Waals surface area contributed by atoms with Gasteiger partial charge < -0.3 is 4.84 Å². The highest BCUT2D eigenvalue weighted by Gasteiger charge is 1.99. The highest BCUT2D eigenvalue weighted by atomic mass is 16.6. The molecule has 0 saturated heterocycles. The van der Waals surface area contributed by atoms with Crippen molar-refractivity contribution >= 4 is 6.21 Å². The third-order valence-corrected chi connectivity index (χ3v) is 2.68. The third-order valence-electron chi connectivity index (χ3n) is 2.68. The maximum absolute atomic E-state index is 8.94. The van der Waals surface area contributed by atoms with Gasteiger partial charge in [0.1, 0.15) is 6.61 Å². The Labute approximate surface area is 112 Å². The Balaban J connectivity index is 1.95. The molecule has 0 aromatic heterocycles. The van der Waals surface area contributed by atoms with E-state index in [4.69, 9.17) is 10.1 Å². The van der Waals surface area contributed by atoms with E-state index < -0.39 is 0 Å². The van der Waals surface area contributed by atoms with Crippen LogP contribution in [-0.4, -0.2) is 6.21 Å². The summed E-state index contributed by atoms with van der Waals surface area (Å²) in [6, 6.07) is 17.5. The second-order valence-electron chi connectivity index (χ2n) is 4.19. The predicted octanol–water partition coefficient (Wildman–Crippen LogP) is 3.42. The zero-order valence-corrected chi connectivity index (χ0v) is 10.7. The van der Waals surface area contributed by atoms with Crippen molar-refractivity contribution < 1.29 is 4.84 Å². The Morgan fingerprint density at radius 3 is 2.84 bits per heavy atom. The monoisotopic (exact) mass is 250 g/mol. The van der Waals surface area contributed by atoms with E-state index in [-0.39, 0.29) is 0 Å². The largest absolute Gasteiger partial charge is 0.391 e. The van der Waals surface area contributed by atoms with Gasteiger partial charge in [-0.05, 0) is 18.6 Å². The normalized spacial score (nSPS) is 10.3. The average Bonchev–Trinajstić information content (AvgIpc) is 2.44. The second kappa shape index (κ2) is 6.36. The van der Waals surface area contributed by atoms with Gasteiger partial charge in [0.2, 0.25) is 0 Å². The fraction of sp³-hybridized carbons (Fsp3) is 0.125. The fourth-order valence-corrected chi connectivity index (χ4v) is 1.71. The summed E-state index contributed by atoms with van der Waals surface area (Å²) < 4.78 is 0. The summed E-state index contributed by atoms with van der Waals surface area (Å²) in [5.74, 6) is 0. The standard InChI is InChI=1S/C16H14N2O/c1-13-5-4-6-14(9-13)11-18-19-12-16-8-3-2-7-15(16)10-17/h2-9,11H,12H2,1H3/b18-11-. The molecule has 19 heavy (non-hydrogen) atoms. The highest BCUT2D eigenvalue weighted by molar-refractivity contribution is 5.79. The van der Waals surface area contributed by atoms with Crippen molar-refractivity contribution in [1.82, 2.24) is 0 Å². The molecular formula is C16H14N2O.